The van der Waals surface area contributed by atoms with Crippen LogP contribution in [0, 0.1) is 0 Å². The van der Waals surface area contributed by atoms with E-state index in [1.807, 2.05) is 0 Å². The Morgan fingerprint density at radius 2 is 1.94 bits per heavy atom. The summed E-state index contributed by atoms with van der Waals surface area (Å²) < 4.78 is 0. The van der Waals surface area contributed by atoms with E-state index in [1.54, 1.807) is 31.2 Å². The monoisotopic (exact) mass is 245 g/mol. The second kappa shape index (κ2) is 4.44. The number of carboxylic acid groups (broad SMARTS) is 1. The molecule has 5 nitrogen and oxygen atoms in total. The summed E-state index contributed by atoms with van der Waals surface area (Å²) in [6, 6.07) is 6.50. The number of hydrogen-bond acceptors (Lipinski definition) is 3. The van der Waals surface area contributed by atoms with Crippen LogP contribution in [-0.4, -0.2) is 22.9 Å². The highest BCUT2D eigenvalue weighted by Gasteiger charge is 2.31. The summed E-state index contributed by atoms with van der Waals surface area (Å²) in [4.78, 5) is 35.3. The van der Waals surface area contributed by atoms with Gasteiger partial charge in [0.05, 0.1) is 12.1 Å². The number of para-hydroxylation sites is 1. The lowest BCUT2D eigenvalue weighted by molar-refractivity contribution is -0.136. The van der Waals surface area contributed by atoms with Crippen LogP contribution < -0.4 is 4.90 Å². The van der Waals surface area contributed by atoms with E-state index in [0.717, 1.165) is 4.90 Å². The van der Waals surface area contributed by atoms with Gasteiger partial charge in [0.25, 0.3) is 11.8 Å². The minimum atomic E-state index is -1.01. The molecule has 92 valence electrons. The first kappa shape index (κ1) is 12.0. The number of rotatable bonds is 3. The lowest BCUT2D eigenvalue weighted by Gasteiger charge is -2.17. The van der Waals surface area contributed by atoms with E-state index in [2.05, 4.69) is 0 Å². The molecule has 0 bridgehead atoms. The largest absolute Gasteiger partial charge is 0.481 e. The molecule has 1 aliphatic rings. The van der Waals surface area contributed by atoms with Gasteiger partial charge in [-0.25, -0.2) is 4.90 Å². The van der Waals surface area contributed by atoms with Crippen molar-refractivity contribution in [2.24, 2.45) is 0 Å². The second-order valence-corrected chi connectivity index (χ2v) is 4.01. The molecule has 2 amide bonds. The average molecular weight is 245 g/mol. The molecule has 1 aliphatic heterocycles. The van der Waals surface area contributed by atoms with E-state index in [0.29, 0.717) is 16.8 Å². The Morgan fingerprint density at radius 1 is 1.28 bits per heavy atom. The van der Waals surface area contributed by atoms with Gasteiger partial charge < -0.3 is 5.11 Å². The topological polar surface area (TPSA) is 74.7 Å². The SMILES string of the molecule is CC1=CC(=O)N(c2ccccc2CC(=O)O)C1=O. The number of imide groups is 1. The third-order valence-electron chi connectivity index (χ3n) is 2.67. The van der Waals surface area contributed by atoms with Crippen molar-refractivity contribution < 1.29 is 19.5 Å². The predicted molar refractivity (Wildman–Crippen MR) is 64.0 cm³/mol. The van der Waals surface area contributed by atoms with Gasteiger partial charge in [-0.1, -0.05) is 18.2 Å². The van der Waals surface area contributed by atoms with Crippen LogP contribution >= 0.6 is 0 Å². The molecule has 0 saturated carbocycles. The van der Waals surface area contributed by atoms with Crippen molar-refractivity contribution in [3.63, 3.8) is 0 Å². The molecule has 0 atom stereocenters. The Kier molecular flexibility index (Phi) is 2.97. The first-order valence-corrected chi connectivity index (χ1v) is 5.37. The minimum Gasteiger partial charge on any atom is -0.481 e. The summed E-state index contributed by atoms with van der Waals surface area (Å²) in [6.45, 7) is 1.56. The van der Waals surface area contributed by atoms with E-state index in [4.69, 9.17) is 5.11 Å². The zero-order chi connectivity index (χ0) is 13.3. The van der Waals surface area contributed by atoms with Crippen molar-refractivity contribution in [3.8, 4) is 0 Å². The third-order valence-corrected chi connectivity index (χ3v) is 2.67. The zero-order valence-electron chi connectivity index (χ0n) is 9.71. The van der Waals surface area contributed by atoms with Crippen LogP contribution in [0.1, 0.15) is 12.5 Å². The number of carbonyl (C=O) groups is 3. The maximum absolute atomic E-state index is 11.8. The molecule has 1 aromatic rings. The van der Waals surface area contributed by atoms with Crippen molar-refractivity contribution in [3.05, 3.63) is 41.5 Å². The van der Waals surface area contributed by atoms with Crippen LogP contribution in [0.5, 0.6) is 0 Å². The van der Waals surface area contributed by atoms with E-state index in [-0.39, 0.29) is 6.42 Å². The van der Waals surface area contributed by atoms with Gasteiger partial charge in [0.15, 0.2) is 0 Å². The van der Waals surface area contributed by atoms with Crippen LogP contribution in [0.4, 0.5) is 5.69 Å². The summed E-state index contributed by atoms with van der Waals surface area (Å²) in [5.41, 5.74) is 1.13. The minimum absolute atomic E-state index is 0.230. The van der Waals surface area contributed by atoms with Crippen LogP contribution in [0.25, 0.3) is 0 Å². The van der Waals surface area contributed by atoms with E-state index in [9.17, 15) is 14.4 Å². The molecule has 0 unspecified atom stereocenters. The summed E-state index contributed by atoms with van der Waals surface area (Å²) in [7, 11) is 0. The van der Waals surface area contributed by atoms with Crippen molar-refractivity contribution in [2.75, 3.05) is 4.90 Å². The third kappa shape index (κ3) is 2.02. The first-order valence-electron chi connectivity index (χ1n) is 5.37. The fourth-order valence-corrected chi connectivity index (χ4v) is 1.86. The first-order chi connectivity index (χ1) is 8.50. The smallest absolute Gasteiger partial charge is 0.307 e. The molecule has 1 N–H and O–H groups in total. The lowest BCUT2D eigenvalue weighted by Crippen LogP contribution is -2.31. The molecule has 0 saturated heterocycles. The Balaban J connectivity index is 2.43. The van der Waals surface area contributed by atoms with Crippen LogP contribution in [0.15, 0.2) is 35.9 Å². The van der Waals surface area contributed by atoms with Crippen molar-refractivity contribution >= 4 is 23.5 Å². The summed E-state index contributed by atoms with van der Waals surface area (Å²) >= 11 is 0. The highest BCUT2D eigenvalue weighted by Crippen LogP contribution is 2.26. The van der Waals surface area contributed by atoms with Gasteiger partial charge in [-0.15, -0.1) is 0 Å². The van der Waals surface area contributed by atoms with Gasteiger partial charge >= 0.3 is 5.97 Å². The Morgan fingerprint density at radius 3 is 2.50 bits per heavy atom. The number of benzene rings is 1. The van der Waals surface area contributed by atoms with E-state index < -0.39 is 17.8 Å². The molecular weight excluding hydrogens is 234 g/mol. The van der Waals surface area contributed by atoms with Crippen molar-refractivity contribution in [1.29, 1.82) is 0 Å². The zero-order valence-corrected chi connectivity index (χ0v) is 9.71. The quantitative estimate of drug-likeness (QED) is 0.810. The maximum atomic E-state index is 11.8. The van der Waals surface area contributed by atoms with Gasteiger partial charge in [0, 0.05) is 11.6 Å². The van der Waals surface area contributed by atoms with Gasteiger partial charge in [-0.05, 0) is 18.6 Å². The number of carboxylic acids is 1. The maximum Gasteiger partial charge on any atom is 0.307 e. The number of hydrogen-bond donors (Lipinski definition) is 1. The Labute approximate surface area is 103 Å². The van der Waals surface area contributed by atoms with E-state index in [1.165, 1.54) is 6.08 Å². The number of anilines is 1. The molecule has 1 aromatic carbocycles. The fourth-order valence-electron chi connectivity index (χ4n) is 1.86. The van der Waals surface area contributed by atoms with Gasteiger partial charge in [0.1, 0.15) is 0 Å². The molecule has 0 fully saturated rings. The summed E-state index contributed by atoms with van der Waals surface area (Å²) in [5.74, 6) is -1.85. The molecule has 0 aromatic heterocycles. The second-order valence-electron chi connectivity index (χ2n) is 4.01. The fraction of sp³-hybridized carbons (Fsp3) is 0.154. The average Bonchev–Trinajstić information content (AvgIpc) is 2.54. The molecule has 0 aliphatic carbocycles. The molecule has 5 heteroatoms. The lowest BCUT2D eigenvalue weighted by atomic mass is 10.1. The van der Waals surface area contributed by atoms with E-state index >= 15 is 0 Å². The standard InChI is InChI=1S/C13H11NO4/c1-8-6-11(15)14(13(8)18)10-5-3-2-4-9(10)7-12(16)17/h2-6H,7H2,1H3,(H,16,17). The van der Waals surface area contributed by atoms with Crippen molar-refractivity contribution in [1.82, 2.24) is 0 Å². The van der Waals surface area contributed by atoms with Gasteiger partial charge in [-0.2, -0.15) is 0 Å². The molecule has 2 rings (SSSR count). The Bertz CT molecular complexity index is 574. The molecule has 1 heterocycles. The van der Waals surface area contributed by atoms with Crippen molar-refractivity contribution in [2.45, 2.75) is 13.3 Å². The number of amides is 2. The Hall–Kier alpha value is -2.43. The molecule has 0 radical (unpaired) electrons. The predicted octanol–water partition coefficient (Wildman–Crippen LogP) is 1.13. The van der Waals surface area contributed by atoms with Gasteiger partial charge in [-0.3, -0.25) is 14.4 Å². The number of carbonyl (C=O) groups excluding carboxylic acids is 2. The van der Waals surface area contributed by atoms with Crippen LogP contribution in [0.2, 0.25) is 0 Å². The molecule has 0 spiro atoms. The highest BCUT2D eigenvalue weighted by atomic mass is 16.4. The van der Waals surface area contributed by atoms with Crippen LogP contribution in [-0.2, 0) is 20.8 Å². The molecular formula is C13H11NO4. The summed E-state index contributed by atoms with van der Waals surface area (Å²) in [6.07, 6.45) is 1.02. The number of nitrogens with zero attached hydrogens (tertiary/aromatic N) is 1. The normalized spacial score (nSPS) is 14.9. The molecule has 18 heavy (non-hydrogen) atoms. The van der Waals surface area contributed by atoms with Gasteiger partial charge in [0.2, 0.25) is 0 Å². The number of aliphatic carboxylic acids is 1. The summed E-state index contributed by atoms with van der Waals surface area (Å²) in [5, 5.41) is 8.82. The highest BCUT2D eigenvalue weighted by molar-refractivity contribution is 6.30. The van der Waals surface area contributed by atoms with Crippen LogP contribution in [0.3, 0.4) is 0 Å².